The molecule has 3 N–H and O–H groups in total. The largest absolute Gasteiger partial charge is 0.480 e. The van der Waals surface area contributed by atoms with Crippen molar-refractivity contribution >= 4 is 12.1 Å². The third-order valence-corrected chi connectivity index (χ3v) is 2.40. The highest BCUT2D eigenvalue weighted by atomic mass is 19.1. The monoisotopic (exact) mass is 298 g/mol. The van der Waals surface area contributed by atoms with Crippen molar-refractivity contribution in [3.05, 3.63) is 35.6 Å². The van der Waals surface area contributed by atoms with Gasteiger partial charge in [0, 0.05) is 6.42 Å². The van der Waals surface area contributed by atoms with Gasteiger partial charge in [0.2, 0.25) is 0 Å². The first-order valence-electron chi connectivity index (χ1n) is 6.39. The number of rotatable bonds is 5. The van der Waals surface area contributed by atoms with Crippen LogP contribution in [0.1, 0.15) is 26.3 Å². The molecule has 1 rings (SSSR count). The van der Waals surface area contributed by atoms with E-state index in [1.807, 2.05) is 0 Å². The Bertz CT molecular complexity index is 497. The van der Waals surface area contributed by atoms with Crippen molar-refractivity contribution in [1.82, 2.24) is 10.9 Å². The number of carbonyl (C=O) groups is 2. The Balaban J connectivity index is 2.56. The van der Waals surface area contributed by atoms with Crippen molar-refractivity contribution in [3.63, 3.8) is 0 Å². The molecule has 0 aliphatic rings. The molecule has 6 nitrogen and oxygen atoms in total. The third-order valence-electron chi connectivity index (χ3n) is 2.40. The Morgan fingerprint density at radius 1 is 1.29 bits per heavy atom. The Hall–Kier alpha value is -2.15. The lowest BCUT2D eigenvalue weighted by molar-refractivity contribution is -0.139. The molecule has 1 amide bonds. The van der Waals surface area contributed by atoms with E-state index in [1.54, 1.807) is 20.8 Å². The lowest BCUT2D eigenvalue weighted by Crippen LogP contribution is -2.50. The minimum absolute atomic E-state index is 0.0887. The van der Waals surface area contributed by atoms with E-state index in [1.165, 1.54) is 24.3 Å². The Morgan fingerprint density at radius 3 is 2.33 bits per heavy atom. The summed E-state index contributed by atoms with van der Waals surface area (Å²) in [5.74, 6) is -1.54. The summed E-state index contributed by atoms with van der Waals surface area (Å²) in [6.07, 6.45) is -0.682. The van der Waals surface area contributed by atoms with Gasteiger partial charge in [0.25, 0.3) is 0 Å². The van der Waals surface area contributed by atoms with E-state index in [4.69, 9.17) is 9.84 Å². The molecular formula is C14H19FN2O4. The molecule has 0 aliphatic heterocycles. The Morgan fingerprint density at radius 2 is 1.86 bits per heavy atom. The van der Waals surface area contributed by atoms with Crippen molar-refractivity contribution in [2.75, 3.05) is 0 Å². The van der Waals surface area contributed by atoms with Crippen LogP contribution in [-0.2, 0) is 16.0 Å². The number of aliphatic carboxylic acids is 1. The summed E-state index contributed by atoms with van der Waals surface area (Å²) < 4.78 is 17.8. The molecule has 0 heterocycles. The number of benzene rings is 1. The zero-order valence-electron chi connectivity index (χ0n) is 12.1. The van der Waals surface area contributed by atoms with Crippen LogP contribution < -0.4 is 10.9 Å². The zero-order valence-corrected chi connectivity index (χ0v) is 12.1. The molecule has 0 spiro atoms. The summed E-state index contributed by atoms with van der Waals surface area (Å²) in [6.45, 7) is 5.08. The predicted molar refractivity (Wildman–Crippen MR) is 74.0 cm³/mol. The standard InChI is InChI=1S/C14H19FN2O4/c1-14(2,3)21-13(20)17-16-11(12(18)19)8-9-4-6-10(15)7-5-9/h4-7,11,16H,8H2,1-3H3,(H,17,20)(H,18,19)/t11-/m0/s1. The molecule has 0 aromatic heterocycles. The van der Waals surface area contributed by atoms with Gasteiger partial charge in [-0.3, -0.25) is 10.2 Å². The minimum atomic E-state index is -1.14. The van der Waals surface area contributed by atoms with Crippen LogP contribution in [-0.4, -0.2) is 28.8 Å². The maximum absolute atomic E-state index is 12.8. The maximum atomic E-state index is 12.8. The van der Waals surface area contributed by atoms with Gasteiger partial charge in [0.05, 0.1) is 0 Å². The van der Waals surface area contributed by atoms with Gasteiger partial charge in [-0.05, 0) is 38.5 Å². The van der Waals surface area contributed by atoms with E-state index in [9.17, 15) is 14.0 Å². The average molecular weight is 298 g/mol. The number of hydrogen-bond acceptors (Lipinski definition) is 4. The minimum Gasteiger partial charge on any atom is -0.480 e. The van der Waals surface area contributed by atoms with E-state index >= 15 is 0 Å². The number of halogens is 1. The van der Waals surface area contributed by atoms with Gasteiger partial charge < -0.3 is 9.84 Å². The van der Waals surface area contributed by atoms with Crippen LogP contribution >= 0.6 is 0 Å². The van der Waals surface area contributed by atoms with Gasteiger partial charge in [-0.15, -0.1) is 0 Å². The highest BCUT2D eigenvalue weighted by Gasteiger charge is 2.21. The lowest BCUT2D eigenvalue weighted by Gasteiger charge is -2.21. The summed E-state index contributed by atoms with van der Waals surface area (Å²) in [4.78, 5) is 22.6. The molecule has 0 aliphatic carbocycles. The first kappa shape index (κ1) is 16.9. The molecule has 0 unspecified atom stereocenters. The van der Waals surface area contributed by atoms with E-state index in [-0.39, 0.29) is 6.42 Å². The molecule has 1 aromatic carbocycles. The van der Waals surface area contributed by atoms with Crippen molar-refractivity contribution in [3.8, 4) is 0 Å². The number of carbonyl (C=O) groups excluding carboxylic acids is 1. The Kier molecular flexibility index (Phi) is 5.66. The first-order valence-corrected chi connectivity index (χ1v) is 6.39. The van der Waals surface area contributed by atoms with Crippen LogP contribution in [0, 0.1) is 5.82 Å². The first-order chi connectivity index (χ1) is 9.67. The molecule has 1 aromatic rings. The molecule has 0 fully saturated rings. The Labute approximate surface area is 122 Å². The van der Waals surface area contributed by atoms with Crippen molar-refractivity contribution < 1.29 is 23.8 Å². The molecule has 21 heavy (non-hydrogen) atoms. The molecule has 0 saturated heterocycles. The predicted octanol–water partition coefficient (Wildman–Crippen LogP) is 1.85. The summed E-state index contributed by atoms with van der Waals surface area (Å²) in [5.41, 5.74) is 4.52. The fourth-order valence-electron chi connectivity index (χ4n) is 1.51. The SMILES string of the molecule is CC(C)(C)OC(=O)NN[C@@H](Cc1ccc(F)cc1)C(=O)O. The summed E-state index contributed by atoms with van der Waals surface area (Å²) in [5, 5.41) is 9.11. The normalized spacial score (nSPS) is 12.6. The summed E-state index contributed by atoms with van der Waals surface area (Å²) in [6, 6.07) is 4.41. The molecule has 7 heteroatoms. The fourth-order valence-corrected chi connectivity index (χ4v) is 1.51. The fraction of sp³-hybridized carbons (Fsp3) is 0.429. The number of amides is 1. The van der Waals surface area contributed by atoms with E-state index < -0.39 is 29.5 Å². The maximum Gasteiger partial charge on any atom is 0.422 e. The second kappa shape index (κ2) is 7.03. The lowest BCUT2D eigenvalue weighted by atomic mass is 10.1. The van der Waals surface area contributed by atoms with Gasteiger partial charge in [0.1, 0.15) is 17.5 Å². The topological polar surface area (TPSA) is 87.7 Å². The molecule has 0 radical (unpaired) electrons. The van der Waals surface area contributed by atoms with Crippen LogP contribution in [0.4, 0.5) is 9.18 Å². The number of hydrogen-bond donors (Lipinski definition) is 3. The van der Waals surface area contributed by atoms with Gasteiger partial charge in [-0.2, -0.15) is 0 Å². The number of carboxylic acids is 1. The second-order valence-electron chi connectivity index (χ2n) is 5.49. The molecule has 0 saturated carbocycles. The second-order valence-corrected chi connectivity index (χ2v) is 5.49. The van der Waals surface area contributed by atoms with Crippen molar-refractivity contribution in [2.45, 2.75) is 38.8 Å². The van der Waals surface area contributed by atoms with E-state index in [0.29, 0.717) is 5.56 Å². The van der Waals surface area contributed by atoms with Gasteiger partial charge in [0.15, 0.2) is 0 Å². The molecule has 116 valence electrons. The van der Waals surface area contributed by atoms with Crippen LogP contribution in [0.25, 0.3) is 0 Å². The van der Waals surface area contributed by atoms with Gasteiger partial charge in [-0.25, -0.2) is 14.6 Å². The van der Waals surface area contributed by atoms with Crippen LogP contribution in [0.3, 0.4) is 0 Å². The average Bonchev–Trinajstić information content (AvgIpc) is 2.34. The van der Waals surface area contributed by atoms with E-state index in [2.05, 4.69) is 10.9 Å². The van der Waals surface area contributed by atoms with Gasteiger partial charge >= 0.3 is 12.1 Å². The summed E-state index contributed by atoms with van der Waals surface area (Å²) in [7, 11) is 0. The van der Waals surface area contributed by atoms with E-state index in [0.717, 1.165) is 0 Å². The molecular weight excluding hydrogens is 279 g/mol. The van der Waals surface area contributed by atoms with Gasteiger partial charge in [-0.1, -0.05) is 12.1 Å². The smallest absolute Gasteiger partial charge is 0.422 e. The molecule has 0 bridgehead atoms. The quantitative estimate of drug-likeness (QED) is 0.722. The van der Waals surface area contributed by atoms with Crippen molar-refractivity contribution in [1.29, 1.82) is 0 Å². The summed E-state index contributed by atoms with van der Waals surface area (Å²) >= 11 is 0. The van der Waals surface area contributed by atoms with Crippen LogP contribution in [0.5, 0.6) is 0 Å². The molecule has 1 atom stereocenters. The van der Waals surface area contributed by atoms with Crippen LogP contribution in [0.2, 0.25) is 0 Å². The number of carboxylic acid groups (broad SMARTS) is 1. The van der Waals surface area contributed by atoms with Crippen molar-refractivity contribution in [2.24, 2.45) is 0 Å². The number of hydrazine groups is 1. The zero-order chi connectivity index (χ0) is 16.0. The number of nitrogens with one attached hydrogen (secondary N) is 2. The van der Waals surface area contributed by atoms with Crippen LogP contribution in [0.15, 0.2) is 24.3 Å². The third kappa shape index (κ3) is 6.71. The number of ether oxygens (including phenoxy) is 1. The highest BCUT2D eigenvalue weighted by molar-refractivity contribution is 5.75. The highest BCUT2D eigenvalue weighted by Crippen LogP contribution is 2.07.